The number of hydrogen-bond acceptors (Lipinski definition) is 3. The summed E-state index contributed by atoms with van der Waals surface area (Å²) in [5.74, 6) is 0. The molecule has 2 rings (SSSR count). The van der Waals surface area contributed by atoms with Gasteiger partial charge in [-0.2, -0.15) is 4.31 Å². The van der Waals surface area contributed by atoms with Crippen molar-refractivity contribution in [1.29, 1.82) is 0 Å². The fraction of sp³-hybridized carbons (Fsp3) is 0.625. The van der Waals surface area contributed by atoms with E-state index in [0.29, 0.717) is 24.0 Å². The summed E-state index contributed by atoms with van der Waals surface area (Å²) in [6.45, 7) is 7.62. The second kappa shape index (κ2) is 6.90. The summed E-state index contributed by atoms with van der Waals surface area (Å²) in [7, 11) is -3.37. The Kier molecular flexibility index (Phi) is 5.41. The molecule has 0 bridgehead atoms. The van der Waals surface area contributed by atoms with E-state index in [4.69, 9.17) is 0 Å². The van der Waals surface area contributed by atoms with Crippen LogP contribution in [0.25, 0.3) is 0 Å². The Balaban J connectivity index is 2.28. The van der Waals surface area contributed by atoms with Crippen molar-refractivity contribution < 1.29 is 8.42 Å². The van der Waals surface area contributed by atoms with Gasteiger partial charge in [0.25, 0.3) is 0 Å². The third-order valence-corrected chi connectivity index (χ3v) is 6.11. The second-order valence-corrected chi connectivity index (χ2v) is 7.47. The molecule has 1 aromatic rings. The maximum Gasteiger partial charge on any atom is 0.243 e. The van der Waals surface area contributed by atoms with E-state index in [1.165, 1.54) is 22.7 Å². The van der Waals surface area contributed by atoms with E-state index in [1.54, 1.807) is 6.07 Å². The molecule has 0 heterocycles. The molecule has 1 fully saturated rings. The molecule has 1 N–H and O–H groups in total. The van der Waals surface area contributed by atoms with Gasteiger partial charge in [-0.05, 0) is 42.5 Å². The van der Waals surface area contributed by atoms with Crippen LogP contribution >= 0.6 is 0 Å². The Morgan fingerprint density at radius 1 is 1.14 bits per heavy atom. The summed E-state index contributed by atoms with van der Waals surface area (Å²) in [4.78, 5) is 0.413. The molecular weight excluding hydrogens is 284 g/mol. The van der Waals surface area contributed by atoms with Crippen LogP contribution in [0.4, 0.5) is 0 Å². The molecule has 0 radical (unpaired) electrons. The third-order valence-electron chi connectivity index (χ3n) is 4.06. The Morgan fingerprint density at radius 3 is 2.33 bits per heavy atom. The van der Waals surface area contributed by atoms with Gasteiger partial charge in [-0.1, -0.05) is 26.8 Å². The minimum absolute atomic E-state index is 0.413. The first-order valence-electron chi connectivity index (χ1n) is 7.88. The van der Waals surface area contributed by atoms with Gasteiger partial charge in [0.1, 0.15) is 0 Å². The van der Waals surface area contributed by atoms with Crippen molar-refractivity contribution in [2.24, 2.45) is 0 Å². The largest absolute Gasteiger partial charge is 0.310 e. The minimum Gasteiger partial charge on any atom is -0.310 e. The van der Waals surface area contributed by atoms with E-state index >= 15 is 0 Å². The highest BCUT2D eigenvalue weighted by atomic mass is 32.2. The van der Waals surface area contributed by atoms with Crippen molar-refractivity contribution in [3.63, 3.8) is 0 Å². The SMILES string of the molecule is CCc1ccc(S(=O)(=O)N(CC)CC)cc1CNC1CC1. The van der Waals surface area contributed by atoms with E-state index in [-0.39, 0.29) is 0 Å². The fourth-order valence-electron chi connectivity index (χ4n) is 2.53. The molecule has 1 aliphatic carbocycles. The van der Waals surface area contributed by atoms with Gasteiger partial charge >= 0.3 is 0 Å². The van der Waals surface area contributed by atoms with Gasteiger partial charge in [-0.15, -0.1) is 0 Å². The maximum absolute atomic E-state index is 12.6. The van der Waals surface area contributed by atoms with E-state index < -0.39 is 10.0 Å². The van der Waals surface area contributed by atoms with Gasteiger partial charge in [0.15, 0.2) is 0 Å². The average Bonchev–Trinajstić information content (AvgIpc) is 3.30. The topological polar surface area (TPSA) is 49.4 Å². The molecule has 0 aliphatic heterocycles. The lowest BCUT2D eigenvalue weighted by Crippen LogP contribution is -2.30. The zero-order valence-corrected chi connectivity index (χ0v) is 14.0. The number of sulfonamides is 1. The smallest absolute Gasteiger partial charge is 0.243 e. The molecule has 21 heavy (non-hydrogen) atoms. The van der Waals surface area contributed by atoms with E-state index in [0.717, 1.165) is 18.5 Å². The van der Waals surface area contributed by atoms with Crippen molar-refractivity contribution in [3.8, 4) is 0 Å². The summed E-state index contributed by atoms with van der Waals surface area (Å²) >= 11 is 0. The van der Waals surface area contributed by atoms with Crippen LogP contribution < -0.4 is 5.32 Å². The molecule has 0 saturated heterocycles. The van der Waals surface area contributed by atoms with E-state index in [9.17, 15) is 8.42 Å². The molecule has 0 spiro atoms. The van der Waals surface area contributed by atoms with Gasteiger partial charge in [-0.3, -0.25) is 0 Å². The molecule has 0 unspecified atom stereocenters. The van der Waals surface area contributed by atoms with Gasteiger partial charge in [0.05, 0.1) is 4.90 Å². The van der Waals surface area contributed by atoms with Crippen molar-refractivity contribution >= 4 is 10.0 Å². The number of nitrogens with zero attached hydrogens (tertiary/aromatic N) is 1. The van der Waals surface area contributed by atoms with Gasteiger partial charge in [-0.25, -0.2) is 8.42 Å². The number of hydrogen-bond donors (Lipinski definition) is 1. The van der Waals surface area contributed by atoms with Crippen LogP contribution in [-0.4, -0.2) is 31.9 Å². The zero-order valence-electron chi connectivity index (χ0n) is 13.2. The number of nitrogens with one attached hydrogen (secondary N) is 1. The second-order valence-electron chi connectivity index (χ2n) is 5.53. The van der Waals surface area contributed by atoms with Gasteiger partial charge < -0.3 is 5.32 Å². The first-order chi connectivity index (χ1) is 10.0. The minimum atomic E-state index is -3.37. The Labute approximate surface area is 128 Å². The summed E-state index contributed by atoms with van der Waals surface area (Å²) in [6.07, 6.45) is 3.39. The van der Waals surface area contributed by atoms with Crippen LogP contribution in [0, 0.1) is 0 Å². The molecule has 0 atom stereocenters. The molecule has 1 aromatic carbocycles. The molecule has 5 heteroatoms. The number of aryl methyl sites for hydroxylation is 1. The highest BCUT2D eigenvalue weighted by molar-refractivity contribution is 7.89. The lowest BCUT2D eigenvalue weighted by atomic mass is 10.1. The van der Waals surface area contributed by atoms with Gasteiger partial charge in [0, 0.05) is 25.7 Å². The van der Waals surface area contributed by atoms with E-state index in [1.807, 2.05) is 26.0 Å². The summed E-state index contributed by atoms with van der Waals surface area (Å²) in [6, 6.07) is 6.17. The molecule has 4 nitrogen and oxygen atoms in total. The Morgan fingerprint density at radius 2 is 1.81 bits per heavy atom. The Bertz CT molecular complexity index is 576. The Hall–Kier alpha value is -0.910. The number of benzene rings is 1. The quantitative estimate of drug-likeness (QED) is 0.803. The monoisotopic (exact) mass is 310 g/mol. The van der Waals surface area contributed by atoms with E-state index in [2.05, 4.69) is 12.2 Å². The van der Waals surface area contributed by atoms with Crippen LogP contribution in [0.2, 0.25) is 0 Å². The predicted molar refractivity (Wildman–Crippen MR) is 85.8 cm³/mol. The van der Waals surface area contributed by atoms with Crippen LogP contribution in [0.15, 0.2) is 23.1 Å². The van der Waals surface area contributed by atoms with Crippen LogP contribution in [0.5, 0.6) is 0 Å². The molecular formula is C16H26N2O2S. The molecule has 0 amide bonds. The van der Waals surface area contributed by atoms with Gasteiger partial charge in [0.2, 0.25) is 10.0 Å². The van der Waals surface area contributed by atoms with Crippen molar-refractivity contribution in [3.05, 3.63) is 29.3 Å². The standard InChI is InChI=1S/C16H26N2O2S/c1-4-13-7-10-16(21(19,20)18(5-2)6-3)11-14(13)12-17-15-8-9-15/h7,10-11,15,17H,4-6,8-9,12H2,1-3H3. The third kappa shape index (κ3) is 3.84. The summed E-state index contributed by atoms with van der Waals surface area (Å²) in [5, 5.41) is 3.48. The van der Waals surface area contributed by atoms with Crippen LogP contribution in [0.1, 0.15) is 44.7 Å². The van der Waals surface area contributed by atoms with Crippen molar-refractivity contribution in [2.45, 2.75) is 57.5 Å². The van der Waals surface area contributed by atoms with Crippen molar-refractivity contribution in [2.75, 3.05) is 13.1 Å². The molecule has 0 aromatic heterocycles. The zero-order chi connectivity index (χ0) is 15.5. The molecule has 1 aliphatic rings. The number of rotatable bonds is 8. The fourth-order valence-corrected chi connectivity index (χ4v) is 4.04. The average molecular weight is 310 g/mol. The molecule has 1 saturated carbocycles. The first-order valence-corrected chi connectivity index (χ1v) is 9.32. The lowest BCUT2D eigenvalue weighted by molar-refractivity contribution is 0.445. The predicted octanol–water partition coefficient (Wildman–Crippen LogP) is 2.53. The highest BCUT2D eigenvalue weighted by Gasteiger charge is 2.23. The van der Waals surface area contributed by atoms with Crippen LogP contribution in [0.3, 0.4) is 0 Å². The highest BCUT2D eigenvalue weighted by Crippen LogP contribution is 2.23. The first kappa shape index (κ1) is 16.5. The van der Waals surface area contributed by atoms with Crippen LogP contribution in [-0.2, 0) is 23.0 Å². The van der Waals surface area contributed by atoms with Crippen molar-refractivity contribution in [1.82, 2.24) is 9.62 Å². The molecule has 118 valence electrons. The normalized spacial score (nSPS) is 15.6. The lowest BCUT2D eigenvalue weighted by Gasteiger charge is -2.19. The summed E-state index contributed by atoms with van der Waals surface area (Å²) < 4.78 is 26.7. The summed E-state index contributed by atoms with van der Waals surface area (Å²) in [5.41, 5.74) is 2.33. The maximum atomic E-state index is 12.6.